The van der Waals surface area contributed by atoms with Gasteiger partial charge in [0.2, 0.25) is 0 Å². The summed E-state index contributed by atoms with van der Waals surface area (Å²) in [5, 5.41) is 4.38. The second kappa shape index (κ2) is 4.64. The van der Waals surface area contributed by atoms with Gasteiger partial charge < -0.3 is 0 Å². The minimum Gasteiger partial charge on any atom is -0.272 e. The van der Waals surface area contributed by atoms with Crippen molar-refractivity contribution in [1.82, 2.24) is 9.78 Å². The summed E-state index contributed by atoms with van der Waals surface area (Å²) in [6.45, 7) is 9.34. The zero-order valence-corrected chi connectivity index (χ0v) is 8.88. The molecule has 0 bridgehead atoms. The van der Waals surface area contributed by atoms with Crippen LogP contribution < -0.4 is 0 Å². The molecule has 0 aliphatic heterocycles. The molecule has 0 saturated carbocycles. The van der Waals surface area contributed by atoms with E-state index in [1.807, 2.05) is 30.8 Å². The molecule has 0 N–H and O–H groups in total. The zero-order valence-electron chi connectivity index (χ0n) is 8.88. The van der Waals surface area contributed by atoms with E-state index in [0.29, 0.717) is 0 Å². The van der Waals surface area contributed by atoms with Gasteiger partial charge in [0.15, 0.2) is 0 Å². The van der Waals surface area contributed by atoms with Crippen LogP contribution in [-0.4, -0.2) is 9.78 Å². The molecular weight excluding hydrogens is 172 g/mol. The Bertz CT molecular complexity index is 379. The first-order chi connectivity index (χ1) is 6.70. The second-order valence-corrected chi connectivity index (χ2v) is 3.24. The van der Waals surface area contributed by atoms with Crippen molar-refractivity contribution in [2.75, 3.05) is 0 Å². The Labute approximate surface area is 85.3 Å². The van der Waals surface area contributed by atoms with Crippen LogP contribution in [0.2, 0.25) is 0 Å². The summed E-state index contributed by atoms with van der Waals surface area (Å²) < 4.78 is 1.92. The minimum absolute atomic E-state index is 0.837. The molecular formula is C12H16N2. The summed E-state index contributed by atoms with van der Waals surface area (Å²) in [4.78, 5) is 0. The third-order valence-corrected chi connectivity index (χ3v) is 2.26. The van der Waals surface area contributed by atoms with Crippen LogP contribution in [0.15, 0.2) is 31.0 Å². The molecule has 0 atom stereocenters. The molecule has 2 heteroatoms. The Kier molecular flexibility index (Phi) is 3.49. The molecule has 1 rings (SSSR count). The average molecular weight is 188 g/mol. The topological polar surface area (TPSA) is 17.8 Å². The number of hydrogen-bond donors (Lipinski definition) is 0. The van der Waals surface area contributed by atoms with Gasteiger partial charge >= 0.3 is 0 Å². The van der Waals surface area contributed by atoms with Gasteiger partial charge in [-0.1, -0.05) is 12.7 Å². The van der Waals surface area contributed by atoms with E-state index in [1.165, 1.54) is 11.3 Å². The van der Waals surface area contributed by atoms with Gasteiger partial charge in [-0.3, -0.25) is 4.68 Å². The molecule has 2 nitrogen and oxygen atoms in total. The monoisotopic (exact) mass is 188 g/mol. The maximum absolute atomic E-state index is 4.38. The molecule has 0 saturated heterocycles. The summed E-state index contributed by atoms with van der Waals surface area (Å²) in [5.74, 6) is 0. The molecule has 1 aromatic heterocycles. The van der Waals surface area contributed by atoms with Gasteiger partial charge in [0.05, 0.1) is 5.69 Å². The molecule has 1 heterocycles. The van der Waals surface area contributed by atoms with E-state index in [-0.39, 0.29) is 0 Å². The summed E-state index contributed by atoms with van der Waals surface area (Å²) in [6.07, 6.45) is 5.54. The van der Waals surface area contributed by atoms with E-state index in [9.17, 15) is 0 Å². The smallest absolute Gasteiger partial charge is 0.0631 e. The van der Waals surface area contributed by atoms with Crippen molar-refractivity contribution in [1.29, 1.82) is 0 Å². The number of aromatic nitrogens is 2. The molecule has 0 amide bonds. The van der Waals surface area contributed by atoms with Crippen LogP contribution >= 0.6 is 0 Å². The number of allylic oxidation sites excluding steroid dienone is 2. The van der Waals surface area contributed by atoms with Crippen molar-refractivity contribution in [3.63, 3.8) is 0 Å². The van der Waals surface area contributed by atoms with Crippen LogP contribution in [0.1, 0.15) is 17.0 Å². The lowest BCUT2D eigenvalue weighted by Crippen LogP contribution is -1.98. The predicted octanol–water partition coefficient (Wildman–Crippen LogP) is 2.34. The summed E-state index contributed by atoms with van der Waals surface area (Å²) >= 11 is 0. The van der Waals surface area contributed by atoms with E-state index in [0.717, 1.165) is 18.5 Å². The normalized spacial score (nSPS) is 9.57. The standard InChI is InChI=1S/C12H16N2/c1-5-7-9-12-11(8-6-2)10(3)13-14(12)4/h6-7H,1-2,8-9H2,3-4H3. The van der Waals surface area contributed by atoms with Gasteiger partial charge in [0, 0.05) is 24.7 Å². The third-order valence-electron chi connectivity index (χ3n) is 2.26. The van der Waals surface area contributed by atoms with Crippen molar-refractivity contribution in [2.45, 2.75) is 19.8 Å². The molecule has 0 aromatic carbocycles. The molecule has 0 spiro atoms. The molecule has 0 aliphatic carbocycles. The molecule has 14 heavy (non-hydrogen) atoms. The molecule has 0 aliphatic rings. The zero-order chi connectivity index (χ0) is 10.6. The molecule has 0 unspecified atom stereocenters. The highest BCUT2D eigenvalue weighted by molar-refractivity contribution is 5.29. The van der Waals surface area contributed by atoms with Gasteiger partial charge in [0.1, 0.15) is 0 Å². The fourth-order valence-corrected chi connectivity index (χ4v) is 1.58. The fraction of sp³-hybridized carbons (Fsp3) is 0.333. The Balaban J connectivity index is 3.09. The minimum atomic E-state index is 0.837. The van der Waals surface area contributed by atoms with Gasteiger partial charge in [0.25, 0.3) is 0 Å². The number of nitrogens with zero attached hydrogens (tertiary/aromatic N) is 2. The molecule has 0 fully saturated rings. The van der Waals surface area contributed by atoms with E-state index in [2.05, 4.69) is 24.0 Å². The lowest BCUT2D eigenvalue weighted by atomic mass is 10.1. The van der Waals surface area contributed by atoms with Crippen molar-refractivity contribution in [2.24, 2.45) is 7.05 Å². The van der Waals surface area contributed by atoms with E-state index >= 15 is 0 Å². The Morgan fingerprint density at radius 3 is 2.79 bits per heavy atom. The predicted molar refractivity (Wildman–Crippen MR) is 59.3 cm³/mol. The molecule has 1 aromatic rings. The fourth-order valence-electron chi connectivity index (χ4n) is 1.58. The molecule has 74 valence electrons. The number of aryl methyl sites for hydroxylation is 2. The second-order valence-electron chi connectivity index (χ2n) is 3.24. The van der Waals surface area contributed by atoms with Crippen LogP contribution in [0.25, 0.3) is 0 Å². The Morgan fingerprint density at radius 1 is 1.50 bits per heavy atom. The van der Waals surface area contributed by atoms with E-state index in [4.69, 9.17) is 0 Å². The SMILES string of the molecule is C=C=CCc1c(CC=C)c(C)nn1C. The summed E-state index contributed by atoms with van der Waals surface area (Å²) in [6, 6.07) is 0. The first-order valence-electron chi connectivity index (χ1n) is 4.67. The van der Waals surface area contributed by atoms with Gasteiger partial charge in [-0.2, -0.15) is 5.10 Å². The largest absolute Gasteiger partial charge is 0.272 e. The Morgan fingerprint density at radius 2 is 2.21 bits per heavy atom. The average Bonchev–Trinajstić information content (AvgIpc) is 2.40. The number of rotatable bonds is 4. The van der Waals surface area contributed by atoms with Crippen LogP contribution in [0, 0.1) is 6.92 Å². The maximum Gasteiger partial charge on any atom is 0.0631 e. The Hall–Kier alpha value is -1.53. The van der Waals surface area contributed by atoms with Gasteiger partial charge in [-0.15, -0.1) is 12.3 Å². The highest BCUT2D eigenvalue weighted by Gasteiger charge is 2.09. The van der Waals surface area contributed by atoms with Crippen molar-refractivity contribution in [3.8, 4) is 0 Å². The third kappa shape index (κ3) is 2.04. The first-order valence-corrected chi connectivity index (χ1v) is 4.67. The lowest BCUT2D eigenvalue weighted by Gasteiger charge is -2.00. The van der Waals surface area contributed by atoms with Crippen molar-refractivity contribution in [3.05, 3.63) is 48.0 Å². The summed E-state index contributed by atoms with van der Waals surface area (Å²) in [7, 11) is 1.96. The molecule has 0 radical (unpaired) electrons. The lowest BCUT2D eigenvalue weighted by molar-refractivity contribution is 0.718. The van der Waals surface area contributed by atoms with Crippen LogP contribution in [0.5, 0.6) is 0 Å². The van der Waals surface area contributed by atoms with E-state index in [1.54, 1.807) is 0 Å². The van der Waals surface area contributed by atoms with Crippen LogP contribution in [-0.2, 0) is 19.9 Å². The van der Waals surface area contributed by atoms with E-state index < -0.39 is 0 Å². The summed E-state index contributed by atoms with van der Waals surface area (Å²) in [5.41, 5.74) is 6.36. The maximum atomic E-state index is 4.38. The van der Waals surface area contributed by atoms with Crippen LogP contribution in [0.3, 0.4) is 0 Å². The highest BCUT2D eigenvalue weighted by Crippen LogP contribution is 2.15. The highest BCUT2D eigenvalue weighted by atomic mass is 15.3. The first kappa shape index (κ1) is 10.6. The van der Waals surface area contributed by atoms with Gasteiger partial charge in [-0.05, 0) is 19.4 Å². The number of hydrogen-bond acceptors (Lipinski definition) is 1. The van der Waals surface area contributed by atoms with Crippen molar-refractivity contribution >= 4 is 0 Å². The van der Waals surface area contributed by atoms with Crippen molar-refractivity contribution < 1.29 is 0 Å². The van der Waals surface area contributed by atoms with Gasteiger partial charge in [-0.25, -0.2) is 0 Å². The quantitative estimate of drug-likeness (QED) is 0.524. The van der Waals surface area contributed by atoms with Crippen LogP contribution in [0.4, 0.5) is 0 Å².